The zero-order valence-electron chi connectivity index (χ0n) is 12.1. The summed E-state index contributed by atoms with van der Waals surface area (Å²) in [6, 6.07) is 6.94. The lowest BCUT2D eigenvalue weighted by molar-refractivity contribution is 0.572. The van der Waals surface area contributed by atoms with Gasteiger partial charge in [0.05, 0.1) is 4.90 Å². The maximum atomic E-state index is 12.1. The van der Waals surface area contributed by atoms with Gasteiger partial charge in [0.25, 0.3) is 0 Å². The van der Waals surface area contributed by atoms with Crippen LogP contribution >= 0.6 is 0 Å². The molecule has 1 aromatic rings. The summed E-state index contributed by atoms with van der Waals surface area (Å²) >= 11 is 0. The first-order valence-corrected chi connectivity index (χ1v) is 8.94. The lowest BCUT2D eigenvalue weighted by atomic mass is 10.2. The van der Waals surface area contributed by atoms with Crippen LogP contribution in [0, 0.1) is 5.92 Å². The van der Waals surface area contributed by atoms with E-state index in [0.29, 0.717) is 11.4 Å². The zero-order valence-corrected chi connectivity index (χ0v) is 12.9. The lowest BCUT2D eigenvalue weighted by Gasteiger charge is -2.08. The second-order valence-electron chi connectivity index (χ2n) is 5.43. The Morgan fingerprint density at radius 3 is 2.45 bits per heavy atom. The Labute approximate surface area is 122 Å². The van der Waals surface area contributed by atoms with Crippen LogP contribution in [0.3, 0.4) is 0 Å². The third-order valence-corrected chi connectivity index (χ3v) is 5.00. The van der Waals surface area contributed by atoms with Gasteiger partial charge in [0, 0.05) is 18.8 Å². The van der Waals surface area contributed by atoms with E-state index in [4.69, 9.17) is 0 Å². The van der Waals surface area contributed by atoms with Crippen molar-refractivity contribution in [2.45, 2.75) is 43.9 Å². The molecule has 2 rings (SSSR count). The molecule has 0 bridgehead atoms. The predicted molar refractivity (Wildman–Crippen MR) is 82.4 cm³/mol. The topological polar surface area (TPSA) is 58.2 Å². The smallest absolute Gasteiger partial charge is 0.240 e. The summed E-state index contributed by atoms with van der Waals surface area (Å²) in [6.45, 7) is 3.53. The molecule has 4 nitrogen and oxygen atoms in total. The van der Waals surface area contributed by atoms with Crippen molar-refractivity contribution in [2.24, 2.45) is 5.92 Å². The van der Waals surface area contributed by atoms with Gasteiger partial charge in [-0.3, -0.25) is 0 Å². The molecule has 0 aliphatic heterocycles. The van der Waals surface area contributed by atoms with Crippen LogP contribution in [0.1, 0.15) is 39.0 Å². The zero-order chi connectivity index (χ0) is 14.4. The fourth-order valence-corrected chi connectivity index (χ4v) is 3.18. The maximum absolute atomic E-state index is 12.1. The van der Waals surface area contributed by atoms with Gasteiger partial charge in [-0.1, -0.05) is 19.8 Å². The number of nitrogens with one attached hydrogen (secondary N) is 2. The third-order valence-electron chi connectivity index (χ3n) is 3.52. The maximum Gasteiger partial charge on any atom is 0.240 e. The summed E-state index contributed by atoms with van der Waals surface area (Å²) in [7, 11) is -3.35. The Morgan fingerprint density at radius 2 is 1.85 bits per heavy atom. The summed E-state index contributed by atoms with van der Waals surface area (Å²) in [4.78, 5) is 0.339. The van der Waals surface area contributed by atoms with E-state index in [-0.39, 0.29) is 0 Å². The molecule has 2 N–H and O–H groups in total. The van der Waals surface area contributed by atoms with E-state index in [9.17, 15) is 8.42 Å². The van der Waals surface area contributed by atoms with Crippen LogP contribution in [0.4, 0.5) is 5.69 Å². The van der Waals surface area contributed by atoms with E-state index >= 15 is 0 Å². The van der Waals surface area contributed by atoms with E-state index in [1.165, 1.54) is 12.8 Å². The lowest BCUT2D eigenvalue weighted by Crippen LogP contribution is -2.24. The normalized spacial score (nSPS) is 15.2. The average Bonchev–Trinajstić information content (AvgIpc) is 3.26. The molecule has 0 atom stereocenters. The highest BCUT2D eigenvalue weighted by atomic mass is 32.2. The van der Waals surface area contributed by atoms with Crippen molar-refractivity contribution >= 4 is 15.7 Å². The molecule has 0 amide bonds. The molecule has 20 heavy (non-hydrogen) atoms. The minimum atomic E-state index is -3.35. The van der Waals surface area contributed by atoms with Crippen molar-refractivity contribution < 1.29 is 8.42 Å². The fourth-order valence-electron chi connectivity index (χ4n) is 2.11. The van der Waals surface area contributed by atoms with E-state index in [1.54, 1.807) is 12.1 Å². The van der Waals surface area contributed by atoms with Crippen molar-refractivity contribution in [3.8, 4) is 0 Å². The van der Waals surface area contributed by atoms with Crippen LogP contribution in [0.15, 0.2) is 29.2 Å². The van der Waals surface area contributed by atoms with E-state index in [1.807, 2.05) is 12.1 Å². The van der Waals surface area contributed by atoms with Gasteiger partial charge in [-0.05, 0) is 49.4 Å². The first-order valence-electron chi connectivity index (χ1n) is 7.45. The van der Waals surface area contributed by atoms with Crippen molar-refractivity contribution in [1.29, 1.82) is 0 Å². The molecule has 0 aromatic heterocycles. The molecule has 1 aliphatic carbocycles. The number of anilines is 1. The second-order valence-corrected chi connectivity index (χ2v) is 7.20. The summed E-state index contributed by atoms with van der Waals surface area (Å²) in [5, 5.41) is 3.23. The molecule has 112 valence electrons. The highest BCUT2D eigenvalue weighted by Crippen LogP contribution is 2.33. The number of sulfonamides is 1. The van der Waals surface area contributed by atoms with Crippen LogP contribution in [-0.4, -0.2) is 21.5 Å². The molecular formula is C15H24N2O2S. The monoisotopic (exact) mass is 296 g/mol. The molecule has 0 unspecified atom stereocenters. The van der Waals surface area contributed by atoms with Crippen molar-refractivity contribution in [1.82, 2.24) is 4.72 Å². The second kappa shape index (κ2) is 7.09. The molecule has 0 radical (unpaired) electrons. The minimum Gasteiger partial charge on any atom is -0.385 e. The highest BCUT2D eigenvalue weighted by Gasteiger charge is 2.20. The van der Waals surface area contributed by atoms with Gasteiger partial charge in [0.2, 0.25) is 10.0 Å². The summed E-state index contributed by atoms with van der Waals surface area (Å²) in [6.07, 6.45) is 5.75. The highest BCUT2D eigenvalue weighted by molar-refractivity contribution is 7.89. The molecule has 0 spiro atoms. The van der Waals surface area contributed by atoms with E-state index in [0.717, 1.165) is 37.4 Å². The van der Waals surface area contributed by atoms with Gasteiger partial charge in [-0.25, -0.2) is 13.1 Å². The number of hydrogen-bond donors (Lipinski definition) is 2. The number of benzene rings is 1. The number of hydrogen-bond acceptors (Lipinski definition) is 3. The average molecular weight is 296 g/mol. The Hall–Kier alpha value is -1.07. The molecule has 1 saturated carbocycles. The summed E-state index contributed by atoms with van der Waals surface area (Å²) in [5.74, 6) is 0.850. The Bertz CT molecular complexity index is 507. The standard InChI is InChI=1S/C15H24N2O2S/c1-2-11-16-14-7-9-15(10-8-14)20(18,19)17-12-3-4-13-5-6-13/h7-10,13,16-17H,2-6,11-12H2,1H3. The largest absolute Gasteiger partial charge is 0.385 e. The summed E-state index contributed by atoms with van der Waals surface area (Å²) < 4.78 is 26.8. The first kappa shape index (κ1) is 15.3. The van der Waals surface area contributed by atoms with E-state index in [2.05, 4.69) is 17.0 Å². The predicted octanol–water partition coefficient (Wildman–Crippen LogP) is 2.98. The quantitative estimate of drug-likeness (QED) is 0.689. The van der Waals surface area contributed by atoms with Crippen LogP contribution in [0.2, 0.25) is 0 Å². The Balaban J connectivity index is 1.83. The van der Waals surface area contributed by atoms with Crippen LogP contribution in [-0.2, 0) is 10.0 Å². The first-order chi connectivity index (χ1) is 9.62. The van der Waals surface area contributed by atoms with Crippen LogP contribution in [0.25, 0.3) is 0 Å². The molecule has 1 aromatic carbocycles. The van der Waals surface area contributed by atoms with Gasteiger partial charge in [0.15, 0.2) is 0 Å². The van der Waals surface area contributed by atoms with Crippen molar-refractivity contribution in [3.05, 3.63) is 24.3 Å². The molecule has 0 saturated heterocycles. The van der Waals surface area contributed by atoms with Gasteiger partial charge < -0.3 is 5.32 Å². The minimum absolute atomic E-state index is 0.339. The van der Waals surface area contributed by atoms with E-state index < -0.39 is 10.0 Å². The molecule has 0 heterocycles. The van der Waals surface area contributed by atoms with Gasteiger partial charge >= 0.3 is 0 Å². The summed E-state index contributed by atoms with van der Waals surface area (Å²) in [5.41, 5.74) is 0.958. The van der Waals surface area contributed by atoms with Gasteiger partial charge in [-0.15, -0.1) is 0 Å². The van der Waals surface area contributed by atoms with Crippen LogP contribution in [0.5, 0.6) is 0 Å². The number of rotatable bonds is 9. The van der Waals surface area contributed by atoms with Crippen LogP contribution < -0.4 is 10.0 Å². The SMILES string of the molecule is CCCNc1ccc(S(=O)(=O)NCCCC2CC2)cc1. The molecular weight excluding hydrogens is 272 g/mol. The van der Waals surface area contributed by atoms with Crippen molar-refractivity contribution in [3.63, 3.8) is 0 Å². The molecule has 1 fully saturated rings. The fraction of sp³-hybridized carbons (Fsp3) is 0.600. The third kappa shape index (κ3) is 4.80. The Kier molecular flexibility index (Phi) is 5.43. The van der Waals surface area contributed by atoms with Gasteiger partial charge in [0.1, 0.15) is 0 Å². The molecule has 1 aliphatic rings. The molecule has 5 heteroatoms. The Morgan fingerprint density at radius 1 is 1.15 bits per heavy atom. The van der Waals surface area contributed by atoms with Crippen molar-refractivity contribution in [2.75, 3.05) is 18.4 Å². The van der Waals surface area contributed by atoms with Gasteiger partial charge in [-0.2, -0.15) is 0 Å².